The first-order chi connectivity index (χ1) is 1.73. The van der Waals surface area contributed by atoms with Gasteiger partial charge in [0.15, 0.2) is 17.4 Å². The minimum atomic E-state index is -3.69. The topological polar surface area (TPSA) is 54.4 Å². The van der Waals surface area contributed by atoms with E-state index in [0.717, 1.165) is 0 Å². The van der Waals surface area contributed by atoms with E-state index in [1.807, 2.05) is 0 Å². The van der Waals surface area contributed by atoms with Crippen molar-refractivity contribution >= 4 is 17.4 Å². The molecule has 0 aliphatic rings. The molecule has 0 rings (SSSR count). The van der Waals surface area contributed by atoms with Crippen LogP contribution in [0.3, 0.4) is 0 Å². The first-order valence-electron chi connectivity index (χ1n) is 0.565. The van der Waals surface area contributed by atoms with Gasteiger partial charge in [0, 0.05) is 32.7 Å². The van der Waals surface area contributed by atoms with Gasteiger partial charge < -0.3 is 0 Å². The van der Waals surface area contributed by atoms with E-state index in [2.05, 4.69) is 0 Å². The second-order valence-corrected chi connectivity index (χ2v) is 0.981. The minimum Gasteiger partial charge on any atom is 0 e. The monoisotopic (exact) mass is 219 g/mol. The molecule has 0 aliphatic heterocycles. The van der Waals surface area contributed by atoms with Crippen LogP contribution < -0.4 is 0 Å². The van der Waals surface area contributed by atoms with Crippen LogP contribution in [0.5, 0.6) is 0 Å². The maximum Gasteiger partial charge on any atom is 0 e. The molecule has 0 aromatic rings. The molecule has 0 heterocycles. The fourth-order valence-electron chi connectivity index (χ4n) is 0. The summed E-state index contributed by atoms with van der Waals surface area (Å²) in [6, 6.07) is 0. The molecule has 6 heteroatoms. The standard InChI is InChI=1S/Al.H2O.2O.V.Y.3H/h;1H2;;;;;;;/q;;;;+1;;;;/p-1. The van der Waals surface area contributed by atoms with Crippen molar-refractivity contribution in [2.45, 2.75) is 0 Å². The molecule has 0 fully saturated rings. The largest absolute Gasteiger partial charge is 0 e. The molecule has 0 aliphatic carbocycles. The third-order valence-corrected chi connectivity index (χ3v) is 0. The van der Waals surface area contributed by atoms with Gasteiger partial charge in [-0.3, -0.25) is 0 Å². The van der Waals surface area contributed by atoms with E-state index in [0.29, 0.717) is 0 Å². The molecule has 1 N–H and O–H groups in total. The molecule has 0 aromatic carbocycles. The van der Waals surface area contributed by atoms with E-state index >= 15 is 0 Å². The van der Waals surface area contributed by atoms with Crippen molar-refractivity contribution in [3.05, 3.63) is 0 Å². The van der Waals surface area contributed by atoms with Crippen molar-refractivity contribution in [1.29, 1.82) is 0 Å². The van der Waals surface area contributed by atoms with Crippen molar-refractivity contribution in [3.63, 3.8) is 0 Å². The summed E-state index contributed by atoms with van der Waals surface area (Å²) in [7, 11) is 0. The Hall–Kier alpha value is 1.78. The molecule has 0 aromatic heterocycles. The molecule has 0 unspecified atom stereocenters. The minimum absolute atomic E-state index is 0. The Morgan fingerprint density at radius 1 is 1.33 bits per heavy atom. The van der Waals surface area contributed by atoms with Crippen LogP contribution in [0.25, 0.3) is 0 Å². The van der Waals surface area contributed by atoms with Gasteiger partial charge in [-0.25, -0.2) is 0 Å². The molecule has 0 saturated carbocycles. The van der Waals surface area contributed by atoms with Crippen molar-refractivity contribution in [2.75, 3.05) is 0 Å². The van der Waals surface area contributed by atoms with Crippen LogP contribution in [0.1, 0.15) is 0 Å². The molecule has 33 valence electrons. The summed E-state index contributed by atoms with van der Waals surface area (Å²) in [5.41, 5.74) is 0. The first kappa shape index (κ1) is 15.7. The zero-order valence-corrected chi connectivity index (χ0v) is 6.52. The summed E-state index contributed by atoms with van der Waals surface area (Å²) >= 11 is -3.69. The van der Waals surface area contributed by atoms with Crippen LogP contribution in [0.15, 0.2) is 0 Å². The molecular formula is H4AlO3VY. The van der Waals surface area contributed by atoms with Gasteiger partial charge in [0.05, 0.1) is 0 Å². The van der Waals surface area contributed by atoms with Gasteiger partial charge in [-0.05, 0) is 0 Å². The van der Waals surface area contributed by atoms with E-state index < -0.39 is 15.4 Å². The Morgan fingerprint density at radius 3 is 1.33 bits per heavy atom. The van der Waals surface area contributed by atoms with Gasteiger partial charge >= 0.3 is 26.8 Å². The molecule has 0 saturated heterocycles. The van der Waals surface area contributed by atoms with Crippen LogP contribution in [0.4, 0.5) is 0 Å². The van der Waals surface area contributed by atoms with E-state index in [1.165, 1.54) is 0 Å². The third kappa shape index (κ3) is 41.7. The van der Waals surface area contributed by atoms with E-state index in [9.17, 15) is 0 Å². The first-order valence-corrected chi connectivity index (χ1v) is 2.33. The summed E-state index contributed by atoms with van der Waals surface area (Å²) in [5.74, 6) is 0. The Morgan fingerprint density at radius 2 is 1.33 bits per heavy atom. The molecular weight excluding hydrogens is 215 g/mol. The zero-order valence-electron chi connectivity index (χ0n) is 2.29. The van der Waals surface area contributed by atoms with Crippen LogP contribution >= 0.6 is 0 Å². The van der Waals surface area contributed by atoms with Crippen LogP contribution in [-0.2, 0) is 55.5 Å². The van der Waals surface area contributed by atoms with Gasteiger partial charge in [0.1, 0.15) is 0 Å². The summed E-state index contributed by atoms with van der Waals surface area (Å²) in [6.07, 6.45) is 0. The van der Waals surface area contributed by atoms with Crippen LogP contribution in [0.2, 0.25) is 0 Å². The van der Waals surface area contributed by atoms with Gasteiger partial charge in [-0.15, -0.1) is 0 Å². The maximum absolute atomic E-state index is 8.67. The van der Waals surface area contributed by atoms with Crippen molar-refractivity contribution in [3.8, 4) is 0 Å². The third-order valence-electron chi connectivity index (χ3n) is 0. The Balaban J connectivity index is -0.0000000450. The Labute approximate surface area is 75.9 Å². The molecule has 6 heavy (non-hydrogen) atoms. The normalized spacial score (nSPS) is 4.17. The molecule has 0 atom stereocenters. The van der Waals surface area contributed by atoms with Crippen LogP contribution in [0, 0.1) is 0 Å². The summed E-state index contributed by atoms with van der Waals surface area (Å²) in [4.78, 5) is 0. The fourth-order valence-corrected chi connectivity index (χ4v) is 0. The Bertz CT molecular complexity index is 59.2. The molecule has 3 nitrogen and oxygen atoms in total. The average molecular weight is 219 g/mol. The second-order valence-electron chi connectivity index (χ2n) is 0.238. The van der Waals surface area contributed by atoms with Gasteiger partial charge in [-0.2, -0.15) is 0 Å². The van der Waals surface area contributed by atoms with Gasteiger partial charge in [0.25, 0.3) is 0 Å². The van der Waals surface area contributed by atoms with Crippen molar-refractivity contribution < 1.29 is 59.5 Å². The van der Waals surface area contributed by atoms with Crippen LogP contribution in [-0.4, -0.2) is 21.4 Å². The van der Waals surface area contributed by atoms with Gasteiger partial charge in [0.2, 0.25) is 0 Å². The second kappa shape index (κ2) is 9.91. The predicted molar refractivity (Wildman–Crippen MR) is 13.5 cm³/mol. The summed E-state index contributed by atoms with van der Waals surface area (Å²) in [6.45, 7) is 0. The maximum atomic E-state index is 8.67. The van der Waals surface area contributed by atoms with Gasteiger partial charge in [-0.1, -0.05) is 0 Å². The SMILES string of the molecule is [AlH3].[O]=[V](=[O])[OH].[Y]. The zero-order chi connectivity index (χ0) is 3.58. The van der Waals surface area contributed by atoms with E-state index in [-0.39, 0.29) is 50.1 Å². The predicted octanol–water partition coefficient (Wildman–Crippen LogP) is -1.98. The molecule has 0 spiro atoms. The Kier molecular flexibility index (Phi) is 25.9. The quantitative estimate of drug-likeness (QED) is 0.480. The average Bonchev–Trinajstić information content (AvgIpc) is 0.811. The van der Waals surface area contributed by atoms with E-state index in [1.54, 1.807) is 0 Å². The smallest absolute Gasteiger partial charge is 0 e. The molecule has 0 amide bonds. The van der Waals surface area contributed by atoms with E-state index in [4.69, 9.17) is 11.4 Å². The molecule has 1 radical (unpaired) electrons. The van der Waals surface area contributed by atoms with Crippen molar-refractivity contribution in [1.82, 2.24) is 0 Å². The fraction of sp³-hybridized carbons (Fsp3) is 0. The van der Waals surface area contributed by atoms with Crippen molar-refractivity contribution in [2.24, 2.45) is 0 Å². The number of hydrogen-bond acceptors (Lipinski definition) is 2. The number of rotatable bonds is 0. The summed E-state index contributed by atoms with van der Waals surface area (Å²) < 4.78 is 24.4. The summed E-state index contributed by atoms with van der Waals surface area (Å²) in [5, 5.41) is 0. The molecule has 0 bridgehead atoms. The number of hydrogen-bond donors (Lipinski definition) is 1.